The molecule has 0 spiro atoms. The van der Waals surface area contributed by atoms with Crippen LogP contribution >= 0.6 is 0 Å². The second-order valence-electron chi connectivity index (χ2n) is 5.74. The Kier molecular flexibility index (Phi) is 4.79. The predicted molar refractivity (Wildman–Crippen MR) is 97.2 cm³/mol. The van der Waals surface area contributed by atoms with Crippen LogP contribution < -0.4 is 10.9 Å². The Morgan fingerprint density at radius 2 is 1.96 bits per heavy atom. The fourth-order valence-corrected chi connectivity index (χ4v) is 2.61. The average molecular weight is 351 g/mol. The van der Waals surface area contributed by atoms with Crippen LogP contribution in [0.5, 0.6) is 0 Å². The molecule has 3 rings (SSSR count). The summed E-state index contributed by atoms with van der Waals surface area (Å²) in [6.45, 7) is 1.65. The Morgan fingerprint density at radius 3 is 2.73 bits per heavy atom. The lowest BCUT2D eigenvalue weighted by atomic mass is 10.1. The van der Waals surface area contributed by atoms with E-state index in [1.165, 1.54) is 17.9 Å². The molecule has 0 aliphatic carbocycles. The molecule has 1 amide bonds. The lowest BCUT2D eigenvalue weighted by Crippen LogP contribution is -2.28. The van der Waals surface area contributed by atoms with Crippen LogP contribution in [0.3, 0.4) is 0 Å². The molecule has 0 saturated heterocycles. The number of carbonyl (C=O) groups is 2. The number of aryl methyl sites for hydroxylation is 1. The number of hydrogen-bond donors (Lipinski definition) is 1. The molecule has 7 nitrogen and oxygen atoms in total. The summed E-state index contributed by atoms with van der Waals surface area (Å²) < 4.78 is 6.05. The molecule has 0 saturated carbocycles. The minimum Gasteiger partial charge on any atom is -0.465 e. The van der Waals surface area contributed by atoms with Crippen molar-refractivity contribution < 1.29 is 14.3 Å². The number of para-hydroxylation sites is 2. The third-order valence-corrected chi connectivity index (χ3v) is 3.99. The Bertz CT molecular complexity index is 1060. The highest BCUT2D eigenvalue weighted by Gasteiger charge is 2.12. The number of carbonyl (C=O) groups excluding carboxylic acids is 2. The number of aromatic nitrogens is 2. The average Bonchev–Trinajstić information content (AvgIpc) is 2.65. The maximum atomic E-state index is 12.5. The van der Waals surface area contributed by atoms with Crippen molar-refractivity contribution >= 4 is 28.6 Å². The molecule has 1 aromatic heterocycles. The van der Waals surface area contributed by atoms with Crippen molar-refractivity contribution in [2.75, 3.05) is 12.4 Å². The van der Waals surface area contributed by atoms with Crippen LogP contribution in [0, 0.1) is 6.92 Å². The molecular formula is C19H17N3O4. The minimum atomic E-state index is -0.489. The van der Waals surface area contributed by atoms with E-state index in [1.807, 2.05) is 13.0 Å². The van der Waals surface area contributed by atoms with Gasteiger partial charge in [0.05, 0.1) is 29.9 Å². The molecular weight excluding hydrogens is 334 g/mol. The largest absolute Gasteiger partial charge is 0.465 e. The third-order valence-electron chi connectivity index (χ3n) is 3.99. The molecule has 132 valence electrons. The third kappa shape index (κ3) is 3.46. The van der Waals surface area contributed by atoms with Gasteiger partial charge in [0.2, 0.25) is 5.91 Å². The molecule has 26 heavy (non-hydrogen) atoms. The summed E-state index contributed by atoms with van der Waals surface area (Å²) in [5, 5.41) is 2.74. The van der Waals surface area contributed by atoms with E-state index in [-0.39, 0.29) is 18.0 Å². The maximum Gasteiger partial charge on any atom is 0.337 e. The Labute approximate surface area is 149 Å². The van der Waals surface area contributed by atoms with Gasteiger partial charge in [-0.2, -0.15) is 0 Å². The van der Waals surface area contributed by atoms with Crippen LogP contribution in [0.1, 0.15) is 15.9 Å². The second-order valence-corrected chi connectivity index (χ2v) is 5.74. The van der Waals surface area contributed by atoms with E-state index in [0.29, 0.717) is 22.3 Å². The summed E-state index contributed by atoms with van der Waals surface area (Å²) in [5.41, 5.74) is 2.46. The summed E-state index contributed by atoms with van der Waals surface area (Å²) in [6.07, 6.45) is 1.19. The molecule has 7 heteroatoms. The Hall–Kier alpha value is -3.48. The summed E-state index contributed by atoms with van der Waals surface area (Å²) in [6, 6.07) is 12.0. The quantitative estimate of drug-likeness (QED) is 0.727. The van der Waals surface area contributed by atoms with E-state index in [9.17, 15) is 14.4 Å². The van der Waals surface area contributed by atoms with Gasteiger partial charge < -0.3 is 10.1 Å². The first-order valence-corrected chi connectivity index (χ1v) is 7.93. The van der Waals surface area contributed by atoms with Gasteiger partial charge in [0, 0.05) is 5.69 Å². The SMILES string of the molecule is COC(=O)c1ccc(C)c(NC(=O)Cn2c(=O)cnc3ccccc32)c1. The van der Waals surface area contributed by atoms with Crippen LogP contribution in [0.4, 0.5) is 5.69 Å². The first-order chi connectivity index (χ1) is 12.5. The van der Waals surface area contributed by atoms with E-state index in [2.05, 4.69) is 10.3 Å². The summed E-state index contributed by atoms with van der Waals surface area (Å²) in [4.78, 5) is 40.3. The number of methoxy groups -OCH3 is 1. The number of amides is 1. The normalized spacial score (nSPS) is 10.5. The van der Waals surface area contributed by atoms with Gasteiger partial charge in [0.25, 0.3) is 5.56 Å². The number of fused-ring (bicyclic) bond motifs is 1. The van der Waals surface area contributed by atoms with E-state index >= 15 is 0 Å². The molecule has 3 aromatic rings. The van der Waals surface area contributed by atoms with Gasteiger partial charge in [-0.25, -0.2) is 9.78 Å². The lowest BCUT2D eigenvalue weighted by molar-refractivity contribution is -0.116. The van der Waals surface area contributed by atoms with Gasteiger partial charge >= 0.3 is 5.97 Å². The highest BCUT2D eigenvalue weighted by Crippen LogP contribution is 2.18. The molecule has 1 heterocycles. The van der Waals surface area contributed by atoms with Gasteiger partial charge in [0.15, 0.2) is 0 Å². The fraction of sp³-hybridized carbons (Fsp3) is 0.158. The van der Waals surface area contributed by atoms with Gasteiger partial charge in [-0.3, -0.25) is 14.2 Å². The Morgan fingerprint density at radius 1 is 1.19 bits per heavy atom. The number of anilines is 1. The highest BCUT2D eigenvalue weighted by molar-refractivity contribution is 5.95. The zero-order chi connectivity index (χ0) is 18.7. The zero-order valence-corrected chi connectivity index (χ0v) is 14.4. The first-order valence-electron chi connectivity index (χ1n) is 7.93. The lowest BCUT2D eigenvalue weighted by Gasteiger charge is -2.12. The van der Waals surface area contributed by atoms with Crippen LogP contribution in [-0.4, -0.2) is 28.5 Å². The first kappa shape index (κ1) is 17.3. The molecule has 0 aliphatic heterocycles. The molecule has 1 N–H and O–H groups in total. The second kappa shape index (κ2) is 7.18. The Balaban J connectivity index is 1.88. The number of ether oxygens (including phenoxy) is 1. The smallest absolute Gasteiger partial charge is 0.337 e. The van der Waals surface area contributed by atoms with Gasteiger partial charge in [-0.05, 0) is 36.8 Å². The number of nitrogens with zero attached hydrogens (tertiary/aromatic N) is 2. The molecule has 0 radical (unpaired) electrons. The van der Waals surface area contributed by atoms with Crippen molar-refractivity contribution in [1.29, 1.82) is 0 Å². The fourth-order valence-electron chi connectivity index (χ4n) is 2.61. The van der Waals surface area contributed by atoms with Crippen molar-refractivity contribution in [3.8, 4) is 0 Å². The molecule has 0 atom stereocenters. The monoisotopic (exact) mass is 351 g/mol. The number of hydrogen-bond acceptors (Lipinski definition) is 5. The van der Waals surface area contributed by atoms with Gasteiger partial charge in [-0.15, -0.1) is 0 Å². The minimum absolute atomic E-state index is 0.163. The number of benzene rings is 2. The van der Waals surface area contributed by atoms with Crippen molar-refractivity contribution in [1.82, 2.24) is 9.55 Å². The highest BCUT2D eigenvalue weighted by atomic mass is 16.5. The van der Waals surface area contributed by atoms with Crippen molar-refractivity contribution in [3.63, 3.8) is 0 Å². The van der Waals surface area contributed by atoms with E-state index < -0.39 is 5.97 Å². The standard InChI is InChI=1S/C19H17N3O4/c1-12-7-8-13(19(25)26-2)9-15(12)21-17(23)11-22-16-6-4-3-5-14(16)20-10-18(22)24/h3-10H,11H2,1-2H3,(H,21,23). The van der Waals surface area contributed by atoms with Crippen molar-refractivity contribution in [3.05, 3.63) is 70.1 Å². The molecule has 0 fully saturated rings. The topological polar surface area (TPSA) is 90.3 Å². The van der Waals surface area contributed by atoms with Crippen LogP contribution in [0.15, 0.2) is 53.5 Å². The molecule has 0 aliphatic rings. The summed E-state index contributed by atoms with van der Waals surface area (Å²) >= 11 is 0. The summed E-state index contributed by atoms with van der Waals surface area (Å²) in [7, 11) is 1.29. The number of esters is 1. The van der Waals surface area contributed by atoms with Crippen LogP contribution in [0.25, 0.3) is 11.0 Å². The van der Waals surface area contributed by atoms with Gasteiger partial charge in [0.1, 0.15) is 6.54 Å². The van der Waals surface area contributed by atoms with E-state index in [1.54, 1.807) is 36.4 Å². The molecule has 0 bridgehead atoms. The van der Waals surface area contributed by atoms with Gasteiger partial charge in [-0.1, -0.05) is 18.2 Å². The molecule has 2 aromatic carbocycles. The van der Waals surface area contributed by atoms with E-state index in [4.69, 9.17) is 4.74 Å². The van der Waals surface area contributed by atoms with Crippen LogP contribution in [-0.2, 0) is 16.1 Å². The van der Waals surface area contributed by atoms with E-state index in [0.717, 1.165) is 5.56 Å². The molecule has 0 unspecified atom stereocenters. The predicted octanol–water partition coefficient (Wildman–Crippen LogP) is 2.13. The van der Waals surface area contributed by atoms with Crippen molar-refractivity contribution in [2.24, 2.45) is 0 Å². The number of rotatable bonds is 4. The van der Waals surface area contributed by atoms with Crippen molar-refractivity contribution in [2.45, 2.75) is 13.5 Å². The van der Waals surface area contributed by atoms with Crippen LogP contribution in [0.2, 0.25) is 0 Å². The summed E-state index contributed by atoms with van der Waals surface area (Å²) in [5.74, 6) is -0.870. The zero-order valence-electron chi connectivity index (χ0n) is 14.4. The number of nitrogens with one attached hydrogen (secondary N) is 1. The maximum absolute atomic E-state index is 12.5.